The summed E-state index contributed by atoms with van der Waals surface area (Å²) in [6, 6.07) is 14.7. The number of anilines is 1. The van der Waals surface area contributed by atoms with Crippen molar-refractivity contribution < 1.29 is 13.2 Å². The average molecular weight is 496 g/mol. The van der Waals surface area contributed by atoms with E-state index in [0.717, 1.165) is 24.8 Å². The van der Waals surface area contributed by atoms with Gasteiger partial charge < -0.3 is 5.32 Å². The fraction of sp³-hybridized carbons (Fsp3) is 0.375. The Morgan fingerprint density at radius 3 is 2.46 bits per heavy atom. The number of amidine groups is 1. The van der Waals surface area contributed by atoms with Crippen molar-refractivity contribution in [3.63, 3.8) is 0 Å². The Hall–Kier alpha value is -3.60. The number of aliphatic imine (C=N–C) groups is 1. The summed E-state index contributed by atoms with van der Waals surface area (Å²) < 4.78 is 28.1. The first-order valence-corrected chi connectivity index (χ1v) is 13.1. The molecule has 1 aromatic heterocycles. The standard InChI is InChI=1S/C24H29N7O3S/c1-17(2)22(31-28-23(27-30-31)18-9-5-3-6-10-18)24(32)26-19-12-14-20(15-13-19)35(33,34)29-21-11-7-4-8-16-25-21/h3,5-6,9-10,12-15,17,22H,4,7-8,11,16H2,1-2H3,(H,25,29)(H,26,32). The maximum absolute atomic E-state index is 13.1. The van der Waals surface area contributed by atoms with Gasteiger partial charge in [0.15, 0.2) is 6.04 Å². The van der Waals surface area contributed by atoms with E-state index in [1.54, 1.807) is 12.1 Å². The molecule has 1 atom stereocenters. The Labute approximate surface area is 204 Å². The van der Waals surface area contributed by atoms with Gasteiger partial charge in [-0.25, -0.2) is 8.42 Å². The van der Waals surface area contributed by atoms with Crippen molar-refractivity contribution in [2.45, 2.75) is 50.5 Å². The molecule has 1 unspecified atom stereocenters. The van der Waals surface area contributed by atoms with Crippen molar-refractivity contribution in [1.29, 1.82) is 0 Å². The van der Waals surface area contributed by atoms with E-state index in [4.69, 9.17) is 0 Å². The van der Waals surface area contributed by atoms with Crippen LogP contribution in [0.4, 0.5) is 5.69 Å². The highest BCUT2D eigenvalue weighted by Gasteiger charge is 2.27. The van der Waals surface area contributed by atoms with Gasteiger partial charge in [0, 0.05) is 24.2 Å². The van der Waals surface area contributed by atoms with Crippen LogP contribution in [0.1, 0.15) is 45.6 Å². The third kappa shape index (κ3) is 6.10. The minimum Gasteiger partial charge on any atom is -0.324 e. The lowest BCUT2D eigenvalue weighted by Crippen LogP contribution is -2.32. The van der Waals surface area contributed by atoms with Gasteiger partial charge in [0.25, 0.3) is 15.9 Å². The first-order chi connectivity index (χ1) is 16.8. The van der Waals surface area contributed by atoms with Crippen molar-refractivity contribution in [3.05, 3.63) is 54.6 Å². The highest BCUT2D eigenvalue weighted by molar-refractivity contribution is 7.90. The topological polar surface area (TPSA) is 131 Å². The molecule has 1 amide bonds. The Morgan fingerprint density at radius 1 is 1.00 bits per heavy atom. The zero-order chi connectivity index (χ0) is 24.8. The Bertz CT molecular complexity index is 1290. The third-order valence-electron chi connectivity index (χ3n) is 5.67. The number of benzene rings is 2. The minimum absolute atomic E-state index is 0.105. The van der Waals surface area contributed by atoms with Crippen LogP contribution in [0, 0.1) is 5.92 Å². The molecule has 2 N–H and O–H groups in total. The summed E-state index contributed by atoms with van der Waals surface area (Å²) in [6.45, 7) is 4.42. The summed E-state index contributed by atoms with van der Waals surface area (Å²) in [5.74, 6) is 0.495. The van der Waals surface area contributed by atoms with Crippen LogP contribution in [0.2, 0.25) is 0 Å². The highest BCUT2D eigenvalue weighted by Crippen LogP contribution is 2.22. The summed E-state index contributed by atoms with van der Waals surface area (Å²) in [5, 5.41) is 15.4. The van der Waals surface area contributed by atoms with E-state index in [9.17, 15) is 13.2 Å². The molecule has 1 aliphatic rings. The van der Waals surface area contributed by atoms with Gasteiger partial charge in [-0.15, -0.1) is 10.2 Å². The van der Waals surface area contributed by atoms with Crippen LogP contribution < -0.4 is 10.0 Å². The Balaban J connectivity index is 1.46. The predicted molar refractivity (Wildman–Crippen MR) is 133 cm³/mol. The van der Waals surface area contributed by atoms with Gasteiger partial charge in [0.1, 0.15) is 5.84 Å². The molecule has 0 saturated carbocycles. The summed E-state index contributed by atoms with van der Waals surface area (Å²) in [4.78, 5) is 18.8. The molecular formula is C24H29N7O3S. The number of carbonyl (C=O) groups is 1. The third-order valence-corrected chi connectivity index (χ3v) is 7.06. The number of amides is 1. The fourth-order valence-corrected chi connectivity index (χ4v) is 4.91. The molecule has 2 aromatic carbocycles. The van der Waals surface area contributed by atoms with Gasteiger partial charge >= 0.3 is 0 Å². The lowest BCUT2D eigenvalue weighted by Gasteiger charge is -2.19. The lowest BCUT2D eigenvalue weighted by molar-refractivity contribution is -0.121. The van der Waals surface area contributed by atoms with Crippen LogP contribution in [-0.2, 0) is 14.8 Å². The molecule has 0 fully saturated rings. The van der Waals surface area contributed by atoms with Crippen LogP contribution in [0.3, 0.4) is 0 Å². The normalized spacial score (nSPS) is 15.2. The van der Waals surface area contributed by atoms with Crippen LogP contribution in [-0.4, -0.2) is 46.9 Å². The van der Waals surface area contributed by atoms with E-state index in [0.29, 0.717) is 30.3 Å². The molecule has 4 rings (SSSR count). The van der Waals surface area contributed by atoms with Gasteiger partial charge in [0.05, 0.1) is 4.90 Å². The molecule has 1 aliphatic heterocycles. The number of nitrogens with zero attached hydrogens (tertiary/aromatic N) is 5. The predicted octanol–water partition coefficient (Wildman–Crippen LogP) is 3.43. The molecular weight excluding hydrogens is 466 g/mol. The first-order valence-electron chi connectivity index (χ1n) is 11.7. The molecule has 0 saturated heterocycles. The van der Waals surface area contributed by atoms with Crippen molar-refractivity contribution in [2.24, 2.45) is 10.9 Å². The van der Waals surface area contributed by atoms with E-state index < -0.39 is 16.1 Å². The summed E-state index contributed by atoms with van der Waals surface area (Å²) in [5.41, 5.74) is 1.27. The number of sulfonamides is 1. The average Bonchev–Trinajstić information content (AvgIpc) is 3.17. The van der Waals surface area contributed by atoms with Crippen molar-refractivity contribution in [3.8, 4) is 11.4 Å². The first kappa shape index (κ1) is 24.5. The maximum atomic E-state index is 13.1. The highest BCUT2D eigenvalue weighted by atomic mass is 32.2. The van der Waals surface area contributed by atoms with E-state index in [1.807, 2.05) is 44.2 Å². The molecule has 0 radical (unpaired) electrons. The Morgan fingerprint density at radius 2 is 1.74 bits per heavy atom. The van der Waals surface area contributed by atoms with E-state index in [-0.39, 0.29) is 16.7 Å². The van der Waals surface area contributed by atoms with E-state index >= 15 is 0 Å². The van der Waals surface area contributed by atoms with E-state index in [1.165, 1.54) is 16.9 Å². The van der Waals surface area contributed by atoms with Crippen molar-refractivity contribution in [2.75, 3.05) is 11.9 Å². The molecule has 0 spiro atoms. The van der Waals surface area contributed by atoms with E-state index in [2.05, 4.69) is 30.4 Å². The van der Waals surface area contributed by atoms with Crippen molar-refractivity contribution >= 4 is 27.5 Å². The maximum Gasteiger partial charge on any atom is 0.262 e. The van der Waals surface area contributed by atoms with Crippen LogP contribution in [0.25, 0.3) is 11.4 Å². The molecule has 184 valence electrons. The SMILES string of the molecule is CC(C)C(C(=O)Nc1ccc(S(=O)(=O)NC2=NCCCCC2)cc1)n1nnc(-c2ccccc2)n1. The Kier molecular flexibility index (Phi) is 7.54. The summed E-state index contributed by atoms with van der Waals surface area (Å²) in [6.07, 6.45) is 3.54. The van der Waals surface area contributed by atoms with Crippen LogP contribution in [0.5, 0.6) is 0 Å². The quantitative estimate of drug-likeness (QED) is 0.516. The summed E-state index contributed by atoms with van der Waals surface area (Å²) >= 11 is 0. The number of hydrogen-bond donors (Lipinski definition) is 2. The van der Waals surface area contributed by atoms with Crippen LogP contribution >= 0.6 is 0 Å². The molecule has 0 bridgehead atoms. The van der Waals surface area contributed by atoms with Gasteiger partial charge in [-0.1, -0.05) is 50.6 Å². The lowest BCUT2D eigenvalue weighted by atomic mass is 10.0. The second kappa shape index (κ2) is 10.8. The zero-order valence-corrected chi connectivity index (χ0v) is 20.6. The van der Waals surface area contributed by atoms with Gasteiger partial charge in [-0.3, -0.25) is 14.5 Å². The summed E-state index contributed by atoms with van der Waals surface area (Å²) in [7, 11) is -3.74. The second-order valence-corrected chi connectivity index (χ2v) is 10.4. The largest absolute Gasteiger partial charge is 0.324 e. The monoisotopic (exact) mass is 495 g/mol. The molecule has 11 heteroatoms. The zero-order valence-electron chi connectivity index (χ0n) is 19.8. The smallest absolute Gasteiger partial charge is 0.262 e. The molecule has 10 nitrogen and oxygen atoms in total. The molecule has 3 aromatic rings. The number of carbonyl (C=O) groups excluding carboxylic acids is 1. The van der Waals surface area contributed by atoms with Gasteiger partial charge in [0.2, 0.25) is 5.82 Å². The minimum atomic E-state index is -3.74. The van der Waals surface area contributed by atoms with Crippen LogP contribution in [0.15, 0.2) is 64.5 Å². The fourth-order valence-electron chi connectivity index (χ4n) is 3.83. The van der Waals surface area contributed by atoms with Gasteiger partial charge in [-0.05, 0) is 48.2 Å². The van der Waals surface area contributed by atoms with Gasteiger partial charge in [-0.2, -0.15) is 4.80 Å². The molecule has 2 heterocycles. The van der Waals surface area contributed by atoms with Crippen molar-refractivity contribution in [1.82, 2.24) is 24.9 Å². The second-order valence-electron chi connectivity index (χ2n) is 8.75. The number of hydrogen-bond acceptors (Lipinski definition) is 7. The molecule has 35 heavy (non-hydrogen) atoms. The number of aromatic nitrogens is 4. The number of rotatable bonds is 7. The number of tetrazole rings is 1. The molecule has 0 aliphatic carbocycles. The number of nitrogens with one attached hydrogen (secondary N) is 2.